The number of nitrogens with two attached hydrogens (primary N) is 1. The molecular weight excluding hydrogens is 226 g/mol. The smallest absolute Gasteiger partial charge is 0.0958 e. The molecule has 102 valence electrons. The van der Waals surface area contributed by atoms with Crippen molar-refractivity contribution in [1.82, 2.24) is 0 Å². The van der Waals surface area contributed by atoms with E-state index in [0.717, 1.165) is 12.8 Å². The van der Waals surface area contributed by atoms with Gasteiger partial charge in [-0.2, -0.15) is 0 Å². The molecule has 3 N–H and O–H groups in total. The average Bonchev–Trinajstić information content (AvgIpc) is 2.39. The topological polar surface area (TPSA) is 55.5 Å². The lowest BCUT2D eigenvalue weighted by molar-refractivity contribution is -0.0118. The largest absolute Gasteiger partial charge is 0.394 e. The highest BCUT2D eigenvalue weighted by Crippen LogP contribution is 2.09. The Morgan fingerprint density at radius 1 is 1.22 bits per heavy atom. The first-order valence-electron chi connectivity index (χ1n) is 6.67. The number of hydrogen-bond acceptors (Lipinski definition) is 3. The molecule has 3 nitrogen and oxygen atoms in total. The zero-order valence-corrected chi connectivity index (χ0v) is 11.4. The molecule has 1 aromatic carbocycles. The summed E-state index contributed by atoms with van der Waals surface area (Å²) in [4.78, 5) is 0. The lowest BCUT2D eigenvalue weighted by Gasteiger charge is -2.25. The van der Waals surface area contributed by atoms with Crippen LogP contribution in [-0.4, -0.2) is 30.5 Å². The van der Waals surface area contributed by atoms with Crippen molar-refractivity contribution in [3.05, 3.63) is 35.9 Å². The van der Waals surface area contributed by atoms with Crippen molar-refractivity contribution < 1.29 is 9.84 Å². The number of rotatable bonds is 8. The van der Waals surface area contributed by atoms with E-state index in [2.05, 4.69) is 12.1 Å². The van der Waals surface area contributed by atoms with Crippen LogP contribution >= 0.6 is 0 Å². The Hall–Kier alpha value is -0.900. The Bertz CT molecular complexity index is 314. The fraction of sp³-hybridized carbons (Fsp3) is 0.600. The van der Waals surface area contributed by atoms with E-state index in [4.69, 9.17) is 10.5 Å². The van der Waals surface area contributed by atoms with Crippen molar-refractivity contribution in [2.75, 3.05) is 13.2 Å². The SMILES string of the molecule is CC(C)C(N)C(CO)OCCCc1ccccc1. The Morgan fingerprint density at radius 2 is 1.89 bits per heavy atom. The van der Waals surface area contributed by atoms with Crippen LogP contribution in [0.15, 0.2) is 30.3 Å². The molecule has 0 aliphatic heterocycles. The van der Waals surface area contributed by atoms with E-state index in [9.17, 15) is 5.11 Å². The third-order valence-electron chi connectivity index (χ3n) is 3.16. The Kier molecular flexibility index (Phi) is 6.94. The third kappa shape index (κ3) is 5.17. The fourth-order valence-corrected chi connectivity index (χ4v) is 1.87. The highest BCUT2D eigenvalue weighted by molar-refractivity contribution is 5.14. The fourth-order valence-electron chi connectivity index (χ4n) is 1.87. The molecule has 18 heavy (non-hydrogen) atoms. The van der Waals surface area contributed by atoms with Gasteiger partial charge in [-0.05, 0) is 24.3 Å². The normalized spacial score (nSPS) is 14.7. The van der Waals surface area contributed by atoms with Gasteiger partial charge in [-0.25, -0.2) is 0 Å². The van der Waals surface area contributed by atoms with Gasteiger partial charge in [-0.15, -0.1) is 0 Å². The number of ether oxygens (including phenoxy) is 1. The van der Waals surface area contributed by atoms with E-state index in [1.165, 1.54) is 5.56 Å². The highest BCUT2D eigenvalue weighted by atomic mass is 16.5. The molecule has 0 radical (unpaired) electrons. The second kappa shape index (κ2) is 8.25. The van der Waals surface area contributed by atoms with E-state index >= 15 is 0 Å². The Balaban J connectivity index is 2.24. The van der Waals surface area contributed by atoms with Crippen molar-refractivity contribution in [3.63, 3.8) is 0 Å². The van der Waals surface area contributed by atoms with Crippen LogP contribution in [0.2, 0.25) is 0 Å². The van der Waals surface area contributed by atoms with Crippen LogP contribution < -0.4 is 5.73 Å². The van der Waals surface area contributed by atoms with Crippen LogP contribution in [0.4, 0.5) is 0 Å². The first kappa shape index (κ1) is 15.2. The summed E-state index contributed by atoms with van der Waals surface area (Å²) >= 11 is 0. The maximum Gasteiger partial charge on any atom is 0.0958 e. The molecule has 0 amide bonds. The first-order valence-corrected chi connectivity index (χ1v) is 6.67. The molecule has 1 rings (SSSR count). The van der Waals surface area contributed by atoms with Crippen molar-refractivity contribution >= 4 is 0 Å². The minimum absolute atomic E-state index is 0.00924. The van der Waals surface area contributed by atoms with Gasteiger partial charge in [0.2, 0.25) is 0 Å². The van der Waals surface area contributed by atoms with Crippen LogP contribution in [0.25, 0.3) is 0 Å². The summed E-state index contributed by atoms with van der Waals surface area (Å²) in [6.07, 6.45) is 1.70. The molecular formula is C15H25NO2. The second-order valence-electron chi connectivity index (χ2n) is 5.00. The second-order valence-corrected chi connectivity index (χ2v) is 5.00. The zero-order valence-electron chi connectivity index (χ0n) is 11.4. The molecule has 0 aromatic heterocycles. The summed E-state index contributed by atoms with van der Waals surface area (Å²) in [5.74, 6) is 0.316. The number of aryl methyl sites for hydroxylation is 1. The zero-order chi connectivity index (χ0) is 13.4. The molecule has 0 saturated carbocycles. The van der Waals surface area contributed by atoms with Gasteiger partial charge in [0.15, 0.2) is 0 Å². The predicted octanol–water partition coefficient (Wildman–Crippen LogP) is 1.98. The lowest BCUT2D eigenvalue weighted by Crippen LogP contribution is -2.43. The monoisotopic (exact) mass is 251 g/mol. The van der Waals surface area contributed by atoms with Crippen LogP contribution in [0.3, 0.4) is 0 Å². The van der Waals surface area contributed by atoms with Crippen molar-refractivity contribution in [3.8, 4) is 0 Å². The molecule has 0 spiro atoms. The highest BCUT2D eigenvalue weighted by Gasteiger charge is 2.20. The van der Waals surface area contributed by atoms with Gasteiger partial charge in [0, 0.05) is 12.6 Å². The molecule has 3 heteroatoms. The van der Waals surface area contributed by atoms with Crippen LogP contribution in [0, 0.1) is 5.92 Å². The van der Waals surface area contributed by atoms with Gasteiger partial charge in [0.1, 0.15) is 0 Å². The van der Waals surface area contributed by atoms with Crippen LogP contribution in [-0.2, 0) is 11.2 Å². The van der Waals surface area contributed by atoms with E-state index < -0.39 is 0 Å². The van der Waals surface area contributed by atoms with Gasteiger partial charge >= 0.3 is 0 Å². The van der Waals surface area contributed by atoms with Gasteiger partial charge in [-0.1, -0.05) is 44.2 Å². The number of hydrogen-bond donors (Lipinski definition) is 2. The van der Waals surface area contributed by atoms with Crippen molar-refractivity contribution in [2.24, 2.45) is 11.7 Å². The van der Waals surface area contributed by atoms with Gasteiger partial charge in [0.05, 0.1) is 12.7 Å². The van der Waals surface area contributed by atoms with E-state index in [-0.39, 0.29) is 18.8 Å². The molecule has 0 fully saturated rings. The number of aliphatic hydroxyl groups is 1. The number of benzene rings is 1. The molecule has 0 aliphatic rings. The molecule has 2 unspecified atom stereocenters. The average molecular weight is 251 g/mol. The van der Waals surface area contributed by atoms with Crippen molar-refractivity contribution in [1.29, 1.82) is 0 Å². The van der Waals surface area contributed by atoms with Gasteiger partial charge in [0.25, 0.3) is 0 Å². The summed E-state index contributed by atoms with van der Waals surface area (Å²) in [5.41, 5.74) is 7.29. The lowest BCUT2D eigenvalue weighted by atomic mass is 10.00. The van der Waals surface area contributed by atoms with Crippen molar-refractivity contribution in [2.45, 2.75) is 38.8 Å². The molecule has 0 heterocycles. The van der Waals surface area contributed by atoms with E-state index in [0.29, 0.717) is 12.5 Å². The Morgan fingerprint density at radius 3 is 2.44 bits per heavy atom. The summed E-state index contributed by atoms with van der Waals surface area (Å²) < 4.78 is 5.66. The Labute approximate surface area is 110 Å². The molecule has 2 atom stereocenters. The van der Waals surface area contributed by atoms with E-state index in [1.807, 2.05) is 32.0 Å². The third-order valence-corrected chi connectivity index (χ3v) is 3.16. The maximum absolute atomic E-state index is 9.26. The summed E-state index contributed by atoms with van der Waals surface area (Å²) in [7, 11) is 0. The van der Waals surface area contributed by atoms with Gasteiger partial charge < -0.3 is 15.6 Å². The predicted molar refractivity (Wildman–Crippen MR) is 74.4 cm³/mol. The molecule has 1 aromatic rings. The molecule has 0 bridgehead atoms. The first-order chi connectivity index (χ1) is 8.65. The molecule has 0 saturated heterocycles. The minimum Gasteiger partial charge on any atom is -0.394 e. The molecule has 0 aliphatic carbocycles. The summed E-state index contributed by atoms with van der Waals surface area (Å²) in [6, 6.07) is 10.2. The summed E-state index contributed by atoms with van der Waals surface area (Å²) in [6.45, 7) is 4.71. The van der Waals surface area contributed by atoms with Crippen LogP contribution in [0.1, 0.15) is 25.8 Å². The van der Waals surface area contributed by atoms with Crippen LogP contribution in [0.5, 0.6) is 0 Å². The maximum atomic E-state index is 9.26. The summed E-state index contributed by atoms with van der Waals surface area (Å²) in [5, 5.41) is 9.26. The van der Waals surface area contributed by atoms with E-state index in [1.54, 1.807) is 0 Å². The quantitative estimate of drug-likeness (QED) is 0.695. The standard InChI is InChI=1S/C15H25NO2/c1-12(2)15(16)14(11-17)18-10-6-9-13-7-4-3-5-8-13/h3-5,7-8,12,14-15,17H,6,9-11,16H2,1-2H3. The number of aliphatic hydroxyl groups excluding tert-OH is 1. The van der Waals surface area contributed by atoms with Gasteiger partial charge in [-0.3, -0.25) is 0 Å². The minimum atomic E-state index is -0.249.